The molecule has 2 atom stereocenters. The Balaban J connectivity index is 1.74. The van der Waals surface area contributed by atoms with Gasteiger partial charge in [0.2, 0.25) is 0 Å². The van der Waals surface area contributed by atoms with Crippen molar-refractivity contribution in [2.24, 2.45) is 0 Å². The van der Waals surface area contributed by atoms with Gasteiger partial charge in [-0.15, -0.1) is 0 Å². The first kappa shape index (κ1) is 20.8. The molecule has 1 heterocycles. The van der Waals surface area contributed by atoms with Crippen LogP contribution in [-0.2, 0) is 26.1 Å². The van der Waals surface area contributed by atoms with E-state index in [0.717, 1.165) is 16.9 Å². The van der Waals surface area contributed by atoms with Gasteiger partial charge >= 0.3 is 0 Å². The third kappa shape index (κ3) is 4.74. The van der Waals surface area contributed by atoms with E-state index in [1.807, 2.05) is 31.2 Å². The van der Waals surface area contributed by atoms with E-state index in [9.17, 15) is 16.8 Å². The van der Waals surface area contributed by atoms with Crippen LogP contribution in [0, 0.1) is 6.92 Å². The van der Waals surface area contributed by atoms with Gasteiger partial charge in [0.05, 0.1) is 28.8 Å². The van der Waals surface area contributed by atoms with E-state index in [-0.39, 0.29) is 16.4 Å². The Morgan fingerprint density at radius 1 is 1.11 bits per heavy atom. The lowest BCUT2D eigenvalue weighted by atomic mass is 10.1. The van der Waals surface area contributed by atoms with Gasteiger partial charge in [0.1, 0.15) is 5.75 Å². The molecule has 0 amide bonds. The van der Waals surface area contributed by atoms with Crippen molar-refractivity contribution in [2.45, 2.75) is 29.5 Å². The van der Waals surface area contributed by atoms with E-state index >= 15 is 0 Å². The maximum Gasteiger partial charge on any atom is 0.183 e. The molecular weight excluding hydrogens is 398 g/mol. The summed E-state index contributed by atoms with van der Waals surface area (Å²) in [5.74, 6) is 0.238. The summed E-state index contributed by atoms with van der Waals surface area (Å²) >= 11 is 0. The smallest absolute Gasteiger partial charge is 0.183 e. The minimum absolute atomic E-state index is 0.166. The molecule has 1 saturated heterocycles. The van der Waals surface area contributed by atoms with Crippen molar-refractivity contribution < 1.29 is 21.6 Å². The van der Waals surface area contributed by atoms with Crippen LogP contribution in [0.4, 0.5) is 0 Å². The van der Waals surface area contributed by atoms with Crippen molar-refractivity contribution in [2.75, 3.05) is 25.2 Å². The first-order chi connectivity index (χ1) is 13.2. The maximum atomic E-state index is 13.0. The van der Waals surface area contributed by atoms with Gasteiger partial charge in [0.15, 0.2) is 19.7 Å². The highest BCUT2D eigenvalue weighted by atomic mass is 32.2. The maximum absolute atomic E-state index is 13.0. The predicted molar refractivity (Wildman–Crippen MR) is 109 cm³/mol. The highest BCUT2D eigenvalue weighted by molar-refractivity contribution is 7.96. The Morgan fingerprint density at radius 2 is 1.82 bits per heavy atom. The standard InChI is InChI=1S/C20H25NO5S2/c1-15-6-8-18(9-7-15)28(24,25)20-14-27(22,23)13-19(20)21-11-10-16-4-3-5-17(12-16)26-2/h3-9,12,19-21H,10-11,13-14H2,1-2H3. The van der Waals surface area contributed by atoms with Crippen LogP contribution in [0.3, 0.4) is 0 Å². The van der Waals surface area contributed by atoms with Gasteiger partial charge < -0.3 is 10.1 Å². The second-order valence-electron chi connectivity index (χ2n) is 7.14. The SMILES string of the molecule is COc1cccc(CCNC2CS(=O)(=O)CC2S(=O)(=O)c2ccc(C)cc2)c1. The zero-order chi connectivity index (χ0) is 20.4. The molecule has 1 N–H and O–H groups in total. The lowest BCUT2D eigenvalue weighted by Gasteiger charge is -2.20. The fraction of sp³-hybridized carbons (Fsp3) is 0.400. The zero-order valence-corrected chi connectivity index (χ0v) is 17.6. The first-order valence-electron chi connectivity index (χ1n) is 9.08. The Kier molecular flexibility index (Phi) is 6.12. The number of hydrogen-bond acceptors (Lipinski definition) is 6. The molecule has 0 aromatic heterocycles. The van der Waals surface area contributed by atoms with Crippen molar-refractivity contribution in [1.29, 1.82) is 0 Å². The summed E-state index contributed by atoms with van der Waals surface area (Å²) in [6.45, 7) is 2.35. The van der Waals surface area contributed by atoms with Gasteiger partial charge in [-0.05, 0) is 49.7 Å². The molecule has 0 aliphatic carbocycles. The molecule has 6 nitrogen and oxygen atoms in total. The minimum Gasteiger partial charge on any atom is -0.497 e. The van der Waals surface area contributed by atoms with Crippen molar-refractivity contribution in [3.63, 3.8) is 0 Å². The van der Waals surface area contributed by atoms with Crippen LogP contribution in [0.5, 0.6) is 5.75 Å². The lowest BCUT2D eigenvalue weighted by Crippen LogP contribution is -2.44. The number of aryl methyl sites for hydroxylation is 1. The second kappa shape index (κ2) is 8.23. The molecule has 0 saturated carbocycles. The number of methoxy groups -OCH3 is 1. The number of rotatable bonds is 7. The van der Waals surface area contributed by atoms with Crippen LogP contribution in [0.15, 0.2) is 53.4 Å². The summed E-state index contributed by atoms with van der Waals surface area (Å²) < 4.78 is 55.6. The van der Waals surface area contributed by atoms with Gasteiger partial charge in [-0.1, -0.05) is 29.8 Å². The minimum atomic E-state index is -3.74. The van der Waals surface area contributed by atoms with E-state index < -0.39 is 31.0 Å². The molecule has 28 heavy (non-hydrogen) atoms. The molecule has 152 valence electrons. The molecular formula is C20H25NO5S2. The molecule has 8 heteroatoms. The number of hydrogen-bond donors (Lipinski definition) is 1. The molecule has 2 aromatic rings. The molecule has 1 aliphatic heterocycles. The van der Waals surface area contributed by atoms with Crippen LogP contribution in [0.2, 0.25) is 0 Å². The van der Waals surface area contributed by atoms with Gasteiger partial charge in [0.25, 0.3) is 0 Å². The molecule has 2 aromatic carbocycles. The Bertz CT molecular complexity index is 1030. The van der Waals surface area contributed by atoms with E-state index in [1.165, 1.54) is 0 Å². The average molecular weight is 424 g/mol. The summed E-state index contributed by atoms with van der Waals surface area (Å²) in [4.78, 5) is 0.166. The van der Waals surface area contributed by atoms with Gasteiger partial charge in [0, 0.05) is 6.04 Å². The van der Waals surface area contributed by atoms with Crippen LogP contribution in [-0.4, -0.2) is 53.3 Å². The largest absolute Gasteiger partial charge is 0.497 e. The summed E-state index contributed by atoms with van der Waals surface area (Å²) in [7, 11) is -5.56. The highest BCUT2D eigenvalue weighted by Crippen LogP contribution is 2.26. The number of ether oxygens (including phenoxy) is 1. The van der Waals surface area contributed by atoms with Crippen LogP contribution < -0.4 is 10.1 Å². The lowest BCUT2D eigenvalue weighted by molar-refractivity contribution is 0.414. The summed E-state index contributed by atoms with van der Waals surface area (Å²) in [5.41, 5.74) is 1.98. The number of benzene rings is 2. The first-order valence-corrected chi connectivity index (χ1v) is 12.5. The monoisotopic (exact) mass is 423 g/mol. The number of sulfone groups is 2. The summed E-state index contributed by atoms with van der Waals surface area (Å²) in [6, 6.07) is 13.5. The van der Waals surface area contributed by atoms with E-state index in [2.05, 4.69) is 5.32 Å². The van der Waals surface area contributed by atoms with Gasteiger partial charge in [-0.2, -0.15) is 0 Å². The summed E-state index contributed by atoms with van der Waals surface area (Å²) in [6.07, 6.45) is 0.644. The molecule has 1 fully saturated rings. The second-order valence-corrected chi connectivity index (χ2v) is 11.5. The van der Waals surface area contributed by atoms with Crippen molar-refractivity contribution in [3.05, 3.63) is 59.7 Å². The third-order valence-corrected chi connectivity index (χ3v) is 9.17. The Hall–Kier alpha value is -1.90. The molecule has 0 bridgehead atoms. The fourth-order valence-corrected chi connectivity index (χ4v) is 8.16. The van der Waals surface area contributed by atoms with Gasteiger partial charge in [-0.25, -0.2) is 16.8 Å². The van der Waals surface area contributed by atoms with Gasteiger partial charge in [-0.3, -0.25) is 0 Å². The normalized spacial score (nSPS) is 21.5. The number of nitrogens with one attached hydrogen (secondary N) is 1. The summed E-state index contributed by atoms with van der Waals surface area (Å²) in [5, 5.41) is 2.18. The third-order valence-electron chi connectivity index (χ3n) is 5.00. The molecule has 2 unspecified atom stereocenters. The van der Waals surface area contributed by atoms with E-state index in [1.54, 1.807) is 31.4 Å². The van der Waals surface area contributed by atoms with Crippen LogP contribution in [0.1, 0.15) is 11.1 Å². The molecule has 3 rings (SSSR count). The molecule has 1 aliphatic rings. The van der Waals surface area contributed by atoms with Crippen molar-refractivity contribution >= 4 is 19.7 Å². The quantitative estimate of drug-likeness (QED) is 0.730. The van der Waals surface area contributed by atoms with Crippen LogP contribution >= 0.6 is 0 Å². The molecule has 0 spiro atoms. The van der Waals surface area contributed by atoms with Crippen molar-refractivity contribution in [1.82, 2.24) is 5.32 Å². The van der Waals surface area contributed by atoms with E-state index in [0.29, 0.717) is 13.0 Å². The Morgan fingerprint density at radius 3 is 2.50 bits per heavy atom. The predicted octanol–water partition coefficient (Wildman–Crippen LogP) is 1.78. The Labute approximate surface area is 166 Å². The molecule has 0 radical (unpaired) electrons. The average Bonchev–Trinajstić information content (AvgIpc) is 2.97. The fourth-order valence-electron chi connectivity index (χ4n) is 3.44. The van der Waals surface area contributed by atoms with Crippen molar-refractivity contribution in [3.8, 4) is 5.75 Å². The topological polar surface area (TPSA) is 89.5 Å². The van der Waals surface area contributed by atoms with E-state index in [4.69, 9.17) is 4.74 Å². The highest BCUT2D eigenvalue weighted by Gasteiger charge is 2.45. The zero-order valence-electron chi connectivity index (χ0n) is 16.0. The van der Waals surface area contributed by atoms with Crippen LogP contribution in [0.25, 0.3) is 0 Å².